The molecule has 1 saturated carbocycles. The number of aromatic nitrogens is 1. The monoisotopic (exact) mass is 327 g/mol. The first-order chi connectivity index (χ1) is 11.1. The van der Waals surface area contributed by atoms with Crippen molar-refractivity contribution in [2.24, 2.45) is 0 Å². The van der Waals surface area contributed by atoms with Crippen LogP contribution in [-0.4, -0.2) is 16.6 Å². The Morgan fingerprint density at radius 1 is 1.35 bits per heavy atom. The molecule has 0 aliphatic heterocycles. The highest BCUT2D eigenvalue weighted by Gasteiger charge is 2.38. The number of nitrogens with one attached hydrogen (secondary N) is 1. The van der Waals surface area contributed by atoms with E-state index in [1.54, 1.807) is 23.5 Å². The Morgan fingerprint density at radius 2 is 2.04 bits per heavy atom. The molecule has 0 bridgehead atoms. The van der Waals surface area contributed by atoms with E-state index < -0.39 is 6.10 Å². The van der Waals surface area contributed by atoms with E-state index in [4.69, 9.17) is 5.26 Å². The van der Waals surface area contributed by atoms with Crippen molar-refractivity contribution in [3.8, 4) is 6.07 Å². The molecule has 120 valence electrons. The van der Waals surface area contributed by atoms with Crippen molar-refractivity contribution in [1.82, 2.24) is 10.3 Å². The van der Waals surface area contributed by atoms with E-state index in [2.05, 4.69) is 21.8 Å². The van der Waals surface area contributed by atoms with Crippen LogP contribution >= 0.6 is 11.3 Å². The number of hydrogen-bond donors (Lipinski definition) is 2. The number of aliphatic hydroxyl groups is 1. The summed E-state index contributed by atoms with van der Waals surface area (Å²) >= 11 is 1.71. The quantitative estimate of drug-likeness (QED) is 0.883. The van der Waals surface area contributed by atoms with Crippen LogP contribution in [0.2, 0.25) is 0 Å². The first-order valence-corrected chi connectivity index (χ1v) is 8.87. The third-order valence-electron chi connectivity index (χ3n) is 4.54. The fourth-order valence-electron chi connectivity index (χ4n) is 3.21. The molecule has 1 heterocycles. The average molecular weight is 327 g/mol. The van der Waals surface area contributed by atoms with Crippen LogP contribution in [0.3, 0.4) is 0 Å². The van der Waals surface area contributed by atoms with Gasteiger partial charge in [0, 0.05) is 17.6 Å². The van der Waals surface area contributed by atoms with Crippen molar-refractivity contribution in [2.45, 2.75) is 44.2 Å². The second-order valence-corrected chi connectivity index (χ2v) is 7.07. The minimum Gasteiger partial charge on any atom is -0.387 e. The molecule has 2 N–H and O–H groups in total. The van der Waals surface area contributed by atoms with E-state index in [0.29, 0.717) is 12.1 Å². The molecular formula is C18H21N3OS. The predicted molar refractivity (Wildman–Crippen MR) is 91.1 cm³/mol. The van der Waals surface area contributed by atoms with Crippen LogP contribution in [0, 0.1) is 18.3 Å². The SMILES string of the molecule is Cc1csc(C2(NCC(O)c3ccc(C#N)cc3)CCCC2)n1. The highest BCUT2D eigenvalue weighted by Crippen LogP contribution is 2.40. The maximum atomic E-state index is 10.4. The van der Waals surface area contributed by atoms with Crippen molar-refractivity contribution in [2.75, 3.05) is 6.54 Å². The summed E-state index contributed by atoms with van der Waals surface area (Å²) in [5, 5.41) is 26.1. The minimum atomic E-state index is -0.582. The molecule has 0 spiro atoms. The topological polar surface area (TPSA) is 68.9 Å². The number of thiazole rings is 1. The Hall–Kier alpha value is -1.74. The van der Waals surface area contributed by atoms with Crippen molar-refractivity contribution in [3.05, 3.63) is 51.5 Å². The van der Waals surface area contributed by atoms with Gasteiger partial charge in [0.2, 0.25) is 0 Å². The van der Waals surface area contributed by atoms with Gasteiger partial charge in [0.1, 0.15) is 5.01 Å². The van der Waals surface area contributed by atoms with Gasteiger partial charge in [-0.1, -0.05) is 25.0 Å². The standard InChI is InChI=1S/C18H21N3OS/c1-13-12-23-17(21-13)18(8-2-3-9-18)20-11-16(22)15-6-4-14(10-19)5-7-15/h4-7,12,16,20,22H,2-3,8-9,11H2,1H3. The van der Waals surface area contributed by atoms with Gasteiger partial charge >= 0.3 is 0 Å². The largest absolute Gasteiger partial charge is 0.387 e. The lowest BCUT2D eigenvalue weighted by Crippen LogP contribution is -2.42. The molecule has 0 amide bonds. The number of rotatable bonds is 5. The molecule has 1 aliphatic rings. The fourth-order valence-corrected chi connectivity index (χ4v) is 4.24. The number of aliphatic hydroxyl groups excluding tert-OH is 1. The fraction of sp³-hybridized carbons (Fsp3) is 0.444. The van der Waals surface area contributed by atoms with E-state index in [9.17, 15) is 5.11 Å². The second kappa shape index (κ2) is 6.79. The smallest absolute Gasteiger partial charge is 0.113 e. The van der Waals surface area contributed by atoms with Gasteiger partial charge in [0.25, 0.3) is 0 Å². The highest BCUT2D eigenvalue weighted by molar-refractivity contribution is 7.09. The van der Waals surface area contributed by atoms with Gasteiger partial charge < -0.3 is 10.4 Å². The molecule has 2 aromatic rings. The van der Waals surface area contributed by atoms with Gasteiger partial charge in [0.05, 0.1) is 23.3 Å². The maximum absolute atomic E-state index is 10.4. The zero-order valence-electron chi connectivity index (χ0n) is 13.2. The normalized spacial score (nSPS) is 17.8. The van der Waals surface area contributed by atoms with Crippen molar-refractivity contribution in [3.63, 3.8) is 0 Å². The van der Waals surface area contributed by atoms with E-state index in [0.717, 1.165) is 29.1 Å². The second-order valence-electron chi connectivity index (χ2n) is 6.21. The Bertz CT molecular complexity index is 696. The molecule has 0 saturated heterocycles. The number of hydrogen-bond acceptors (Lipinski definition) is 5. The first-order valence-electron chi connectivity index (χ1n) is 7.99. The Balaban J connectivity index is 1.70. The van der Waals surface area contributed by atoms with E-state index in [1.807, 2.05) is 19.1 Å². The molecule has 1 aliphatic carbocycles. The van der Waals surface area contributed by atoms with Crippen molar-refractivity contribution < 1.29 is 5.11 Å². The summed E-state index contributed by atoms with van der Waals surface area (Å²) in [5.41, 5.74) is 2.41. The average Bonchev–Trinajstić information content (AvgIpc) is 3.22. The summed E-state index contributed by atoms with van der Waals surface area (Å²) in [7, 11) is 0. The van der Waals surface area contributed by atoms with Crippen LogP contribution in [-0.2, 0) is 5.54 Å². The Morgan fingerprint density at radius 3 is 2.61 bits per heavy atom. The van der Waals surface area contributed by atoms with Gasteiger partial charge in [-0.15, -0.1) is 11.3 Å². The summed E-state index contributed by atoms with van der Waals surface area (Å²) in [4.78, 5) is 4.68. The summed E-state index contributed by atoms with van der Waals surface area (Å²) < 4.78 is 0. The van der Waals surface area contributed by atoms with Crippen LogP contribution in [0.15, 0.2) is 29.6 Å². The van der Waals surface area contributed by atoms with E-state index in [1.165, 1.54) is 12.8 Å². The first kappa shape index (κ1) is 16.1. The van der Waals surface area contributed by atoms with Gasteiger partial charge in [-0.05, 0) is 37.5 Å². The summed E-state index contributed by atoms with van der Waals surface area (Å²) in [5.74, 6) is 0. The predicted octanol–water partition coefficient (Wildman–Crippen LogP) is 3.42. The lowest BCUT2D eigenvalue weighted by Gasteiger charge is -2.29. The van der Waals surface area contributed by atoms with Crippen LogP contribution in [0.4, 0.5) is 0 Å². The van der Waals surface area contributed by atoms with Gasteiger partial charge in [-0.2, -0.15) is 5.26 Å². The summed E-state index contributed by atoms with van der Waals surface area (Å²) in [6.07, 6.45) is 3.94. The Kier molecular flexibility index (Phi) is 4.76. The minimum absolute atomic E-state index is 0.0908. The van der Waals surface area contributed by atoms with E-state index in [-0.39, 0.29) is 5.54 Å². The maximum Gasteiger partial charge on any atom is 0.113 e. The number of nitriles is 1. The molecule has 3 rings (SSSR count). The van der Waals surface area contributed by atoms with Crippen molar-refractivity contribution >= 4 is 11.3 Å². The molecule has 5 heteroatoms. The van der Waals surface area contributed by atoms with Crippen LogP contribution < -0.4 is 5.32 Å². The molecule has 0 radical (unpaired) electrons. The number of nitrogens with zero attached hydrogens (tertiary/aromatic N) is 2. The summed E-state index contributed by atoms with van der Waals surface area (Å²) in [6, 6.07) is 9.22. The molecule has 1 atom stereocenters. The van der Waals surface area contributed by atoms with Crippen molar-refractivity contribution in [1.29, 1.82) is 5.26 Å². The van der Waals surface area contributed by atoms with Gasteiger partial charge in [0.15, 0.2) is 0 Å². The molecule has 1 aromatic carbocycles. The number of aryl methyl sites for hydroxylation is 1. The number of benzene rings is 1. The van der Waals surface area contributed by atoms with Crippen LogP contribution in [0.25, 0.3) is 0 Å². The molecule has 4 nitrogen and oxygen atoms in total. The molecule has 1 unspecified atom stereocenters. The van der Waals surface area contributed by atoms with Gasteiger partial charge in [-0.3, -0.25) is 0 Å². The zero-order valence-corrected chi connectivity index (χ0v) is 14.1. The van der Waals surface area contributed by atoms with Crippen LogP contribution in [0.1, 0.15) is 53.6 Å². The zero-order chi connectivity index (χ0) is 16.3. The third-order valence-corrected chi connectivity index (χ3v) is 5.71. The lowest BCUT2D eigenvalue weighted by atomic mass is 9.97. The Labute approximate surface area is 140 Å². The molecule has 23 heavy (non-hydrogen) atoms. The lowest BCUT2D eigenvalue weighted by molar-refractivity contribution is 0.155. The highest BCUT2D eigenvalue weighted by atomic mass is 32.1. The van der Waals surface area contributed by atoms with E-state index >= 15 is 0 Å². The molecule has 1 aromatic heterocycles. The molecule has 1 fully saturated rings. The van der Waals surface area contributed by atoms with Crippen LogP contribution in [0.5, 0.6) is 0 Å². The van der Waals surface area contributed by atoms with Gasteiger partial charge in [-0.25, -0.2) is 4.98 Å². The summed E-state index contributed by atoms with van der Waals surface area (Å²) in [6.45, 7) is 2.51. The third kappa shape index (κ3) is 3.45. The molecular weight excluding hydrogens is 306 g/mol.